The van der Waals surface area contributed by atoms with Crippen LogP contribution in [0.15, 0.2) is 23.6 Å². The molecule has 3 rings (SSSR count). The summed E-state index contributed by atoms with van der Waals surface area (Å²) in [5.41, 5.74) is 2.84. The standard InChI is InChI=1S/C15H15N3O3S/c1-9-4-3-5-10(2)13(9)18(12-6-7-21-15(12)20)14(19)11-8-22-17-16-11/h3-5,8,12H,6-7H2,1-2H3. The predicted octanol–water partition coefficient (Wildman–Crippen LogP) is 2.12. The summed E-state index contributed by atoms with van der Waals surface area (Å²) in [5.74, 6) is -0.700. The van der Waals surface area contributed by atoms with E-state index in [9.17, 15) is 9.59 Å². The van der Waals surface area contributed by atoms with Crippen molar-refractivity contribution in [3.05, 3.63) is 40.4 Å². The van der Waals surface area contributed by atoms with E-state index in [-0.39, 0.29) is 17.6 Å². The molecule has 1 aromatic heterocycles. The molecule has 0 bridgehead atoms. The lowest BCUT2D eigenvalue weighted by molar-refractivity contribution is -0.139. The fourth-order valence-electron chi connectivity index (χ4n) is 2.69. The molecule has 0 saturated carbocycles. The molecule has 1 fully saturated rings. The van der Waals surface area contributed by atoms with Gasteiger partial charge >= 0.3 is 5.97 Å². The van der Waals surface area contributed by atoms with E-state index in [0.717, 1.165) is 28.3 Å². The Morgan fingerprint density at radius 3 is 2.64 bits per heavy atom. The number of amides is 1. The van der Waals surface area contributed by atoms with E-state index in [4.69, 9.17) is 4.74 Å². The van der Waals surface area contributed by atoms with Gasteiger partial charge in [0, 0.05) is 11.8 Å². The molecule has 0 N–H and O–H groups in total. The van der Waals surface area contributed by atoms with Crippen molar-refractivity contribution in [2.24, 2.45) is 0 Å². The number of esters is 1. The maximum absolute atomic E-state index is 12.9. The number of aryl methyl sites for hydroxylation is 2. The number of hydrogen-bond acceptors (Lipinski definition) is 6. The van der Waals surface area contributed by atoms with Crippen LogP contribution in [-0.4, -0.2) is 34.1 Å². The van der Waals surface area contributed by atoms with Crippen molar-refractivity contribution in [1.82, 2.24) is 9.59 Å². The first-order valence-corrected chi connectivity index (χ1v) is 7.76. The minimum atomic E-state index is -0.617. The van der Waals surface area contributed by atoms with E-state index in [1.54, 1.807) is 5.38 Å². The second-order valence-corrected chi connectivity index (χ2v) is 5.79. The van der Waals surface area contributed by atoms with Gasteiger partial charge in [-0.1, -0.05) is 22.7 Å². The molecule has 1 atom stereocenters. The van der Waals surface area contributed by atoms with Crippen LogP contribution in [0.25, 0.3) is 0 Å². The van der Waals surface area contributed by atoms with Gasteiger partial charge in [0.05, 0.1) is 12.3 Å². The van der Waals surface area contributed by atoms with E-state index in [1.807, 2.05) is 32.0 Å². The number of benzene rings is 1. The van der Waals surface area contributed by atoms with Crippen LogP contribution in [0.3, 0.4) is 0 Å². The third-order valence-electron chi connectivity index (χ3n) is 3.70. The lowest BCUT2D eigenvalue weighted by Crippen LogP contribution is -2.44. The summed E-state index contributed by atoms with van der Waals surface area (Å²) in [6, 6.07) is 5.15. The summed E-state index contributed by atoms with van der Waals surface area (Å²) in [4.78, 5) is 26.4. The molecule has 1 aliphatic heterocycles. The average Bonchev–Trinajstić information content (AvgIpc) is 3.14. The Kier molecular flexibility index (Phi) is 3.89. The van der Waals surface area contributed by atoms with Crippen molar-refractivity contribution >= 4 is 29.1 Å². The molecule has 0 spiro atoms. The second kappa shape index (κ2) is 5.84. The molecule has 2 heterocycles. The van der Waals surface area contributed by atoms with Gasteiger partial charge in [0.1, 0.15) is 6.04 Å². The number of nitrogens with zero attached hydrogens (tertiary/aromatic N) is 3. The van der Waals surface area contributed by atoms with Crippen molar-refractivity contribution in [3.63, 3.8) is 0 Å². The molecule has 0 aliphatic carbocycles. The maximum Gasteiger partial charge on any atom is 0.329 e. The molecular weight excluding hydrogens is 302 g/mol. The smallest absolute Gasteiger partial charge is 0.329 e. The van der Waals surface area contributed by atoms with Gasteiger partial charge in [0.2, 0.25) is 0 Å². The van der Waals surface area contributed by atoms with Crippen LogP contribution in [0.1, 0.15) is 28.0 Å². The van der Waals surface area contributed by atoms with Gasteiger partial charge in [-0.3, -0.25) is 9.69 Å². The summed E-state index contributed by atoms with van der Waals surface area (Å²) in [6.45, 7) is 4.16. The van der Waals surface area contributed by atoms with Gasteiger partial charge in [-0.05, 0) is 36.5 Å². The number of hydrogen-bond donors (Lipinski definition) is 0. The van der Waals surface area contributed by atoms with Crippen LogP contribution >= 0.6 is 11.5 Å². The van der Waals surface area contributed by atoms with E-state index in [0.29, 0.717) is 13.0 Å². The fraction of sp³-hybridized carbons (Fsp3) is 0.333. The van der Waals surface area contributed by atoms with Crippen molar-refractivity contribution in [2.45, 2.75) is 26.3 Å². The summed E-state index contributed by atoms with van der Waals surface area (Å²) in [5, 5.41) is 5.43. The molecule has 1 aromatic carbocycles. The number of cyclic esters (lactones) is 1. The average molecular weight is 317 g/mol. The zero-order valence-corrected chi connectivity index (χ0v) is 13.1. The lowest BCUT2D eigenvalue weighted by atomic mass is 10.0. The largest absolute Gasteiger partial charge is 0.464 e. The number of carbonyl (C=O) groups excluding carboxylic acids is 2. The number of para-hydroxylation sites is 1. The van der Waals surface area contributed by atoms with Gasteiger partial charge in [-0.2, -0.15) is 0 Å². The normalized spacial score (nSPS) is 17.4. The highest BCUT2D eigenvalue weighted by atomic mass is 32.1. The van der Waals surface area contributed by atoms with Gasteiger partial charge in [0.15, 0.2) is 5.69 Å². The highest BCUT2D eigenvalue weighted by Gasteiger charge is 2.38. The Labute approximate surface area is 131 Å². The van der Waals surface area contributed by atoms with Crippen LogP contribution in [0, 0.1) is 13.8 Å². The first-order valence-electron chi connectivity index (χ1n) is 6.93. The van der Waals surface area contributed by atoms with Crippen molar-refractivity contribution in [1.29, 1.82) is 0 Å². The van der Waals surface area contributed by atoms with E-state index >= 15 is 0 Å². The first-order chi connectivity index (χ1) is 10.6. The van der Waals surface area contributed by atoms with Crippen LogP contribution in [0.2, 0.25) is 0 Å². The minimum absolute atomic E-state index is 0.243. The molecule has 1 aliphatic rings. The summed E-state index contributed by atoms with van der Waals surface area (Å²) >= 11 is 1.11. The van der Waals surface area contributed by atoms with Gasteiger partial charge in [-0.15, -0.1) is 5.10 Å². The molecule has 1 saturated heterocycles. The summed E-state index contributed by atoms with van der Waals surface area (Å²) < 4.78 is 8.79. The van der Waals surface area contributed by atoms with E-state index < -0.39 is 6.04 Å². The Morgan fingerprint density at radius 2 is 2.09 bits per heavy atom. The van der Waals surface area contributed by atoms with Gasteiger partial charge in [0.25, 0.3) is 5.91 Å². The highest BCUT2D eigenvalue weighted by molar-refractivity contribution is 7.03. The SMILES string of the molecule is Cc1cccc(C)c1N(C(=O)c1csnn1)C1CCOC1=O. The molecule has 0 radical (unpaired) electrons. The number of ether oxygens (including phenoxy) is 1. The molecule has 1 amide bonds. The van der Waals surface area contributed by atoms with Crippen molar-refractivity contribution < 1.29 is 14.3 Å². The fourth-order valence-corrected chi connectivity index (χ4v) is 3.12. The first kappa shape index (κ1) is 14.6. The molecule has 1 unspecified atom stereocenters. The van der Waals surface area contributed by atoms with E-state index in [1.165, 1.54) is 4.90 Å². The zero-order valence-electron chi connectivity index (χ0n) is 12.3. The highest BCUT2D eigenvalue weighted by Crippen LogP contribution is 2.30. The second-order valence-electron chi connectivity index (χ2n) is 5.18. The van der Waals surface area contributed by atoms with Crippen LogP contribution in [0.5, 0.6) is 0 Å². The third-order valence-corrected chi connectivity index (χ3v) is 4.20. The van der Waals surface area contributed by atoms with Crippen LogP contribution in [0.4, 0.5) is 5.69 Å². The Morgan fingerprint density at radius 1 is 1.36 bits per heavy atom. The van der Waals surface area contributed by atoms with Crippen LogP contribution < -0.4 is 4.90 Å². The maximum atomic E-state index is 12.9. The lowest BCUT2D eigenvalue weighted by Gasteiger charge is -2.28. The minimum Gasteiger partial charge on any atom is -0.464 e. The topological polar surface area (TPSA) is 72.4 Å². The Bertz CT molecular complexity index is 695. The van der Waals surface area contributed by atoms with Crippen molar-refractivity contribution in [3.8, 4) is 0 Å². The quantitative estimate of drug-likeness (QED) is 0.811. The molecule has 22 heavy (non-hydrogen) atoms. The number of aromatic nitrogens is 2. The third kappa shape index (κ3) is 2.48. The monoisotopic (exact) mass is 317 g/mol. The van der Waals surface area contributed by atoms with Crippen LogP contribution in [-0.2, 0) is 9.53 Å². The summed E-state index contributed by atoms with van der Waals surface area (Å²) in [7, 11) is 0. The molecule has 6 nitrogen and oxygen atoms in total. The molecule has 2 aromatic rings. The van der Waals surface area contributed by atoms with Gasteiger partial charge < -0.3 is 4.74 Å². The predicted molar refractivity (Wildman–Crippen MR) is 82.0 cm³/mol. The molecular formula is C15H15N3O3S. The van der Waals surface area contributed by atoms with Crippen molar-refractivity contribution in [2.75, 3.05) is 11.5 Å². The van der Waals surface area contributed by atoms with Gasteiger partial charge in [-0.25, -0.2) is 4.79 Å². The Balaban J connectivity index is 2.11. The zero-order chi connectivity index (χ0) is 15.7. The number of anilines is 1. The molecule has 7 heteroatoms. The molecule has 114 valence electrons. The number of carbonyl (C=O) groups is 2. The Hall–Kier alpha value is -2.28. The summed E-state index contributed by atoms with van der Waals surface area (Å²) in [6.07, 6.45) is 0.482. The van der Waals surface area contributed by atoms with E-state index in [2.05, 4.69) is 9.59 Å². The number of rotatable bonds is 3.